The summed E-state index contributed by atoms with van der Waals surface area (Å²) in [5.74, 6) is -3.77. The normalized spacial score (nSPS) is 32.4. The van der Waals surface area contributed by atoms with E-state index >= 15 is 0 Å². The Kier molecular flexibility index (Phi) is 8.37. The number of likely N-dealkylation sites (tertiary alicyclic amines) is 1. The molecule has 0 unspecified atom stereocenters. The first kappa shape index (κ1) is 30.7. The summed E-state index contributed by atoms with van der Waals surface area (Å²) >= 11 is 0. The van der Waals surface area contributed by atoms with E-state index in [4.69, 9.17) is 9.47 Å². The molecule has 10 heteroatoms. The second kappa shape index (κ2) is 12.3. The van der Waals surface area contributed by atoms with E-state index in [2.05, 4.69) is 5.32 Å². The molecular weight excluding hydrogens is 574 g/mol. The lowest BCUT2D eigenvalue weighted by molar-refractivity contribution is -0.161. The van der Waals surface area contributed by atoms with Crippen molar-refractivity contribution in [2.24, 2.45) is 11.8 Å². The topological polar surface area (TPSA) is 125 Å². The van der Waals surface area contributed by atoms with E-state index < -0.39 is 53.6 Å². The first-order valence-electron chi connectivity index (χ1n) is 15.5. The number of carbonyl (C=O) groups excluding carboxylic acids is 4. The van der Waals surface area contributed by atoms with Crippen molar-refractivity contribution in [3.63, 3.8) is 0 Å². The lowest BCUT2D eigenvalue weighted by atomic mass is 9.77. The molecule has 2 aromatic carbocycles. The lowest BCUT2D eigenvalue weighted by Gasteiger charge is -2.35. The zero-order valence-electron chi connectivity index (χ0n) is 25.7. The van der Waals surface area contributed by atoms with Gasteiger partial charge in [0.1, 0.15) is 23.7 Å². The minimum Gasteiger partial charge on any atom is -0.455 e. The van der Waals surface area contributed by atoms with Crippen molar-refractivity contribution in [1.82, 2.24) is 10.2 Å². The third-order valence-corrected chi connectivity index (χ3v) is 9.34. The Balaban J connectivity index is 1.44. The molecule has 2 saturated heterocycles. The Morgan fingerprint density at radius 2 is 1.80 bits per heavy atom. The highest BCUT2D eigenvalue weighted by atomic mass is 16.6. The highest BCUT2D eigenvalue weighted by Crippen LogP contribution is 2.53. The number of anilines is 1. The van der Waals surface area contributed by atoms with Gasteiger partial charge in [-0.15, -0.1) is 0 Å². The Morgan fingerprint density at radius 1 is 1.02 bits per heavy atom. The number of esters is 1. The molecule has 2 aromatic rings. The fourth-order valence-corrected chi connectivity index (χ4v) is 7.28. The van der Waals surface area contributed by atoms with Crippen LogP contribution in [0.1, 0.15) is 42.6 Å². The van der Waals surface area contributed by atoms with Crippen molar-refractivity contribution < 1.29 is 33.8 Å². The van der Waals surface area contributed by atoms with Crippen molar-refractivity contribution in [2.75, 3.05) is 24.6 Å². The number of nitrogens with one attached hydrogen (secondary N) is 1. The molecule has 7 atom stereocenters. The van der Waals surface area contributed by atoms with Gasteiger partial charge in [-0.1, -0.05) is 66.8 Å². The zero-order valence-corrected chi connectivity index (χ0v) is 25.7. The van der Waals surface area contributed by atoms with Gasteiger partial charge in [0.15, 0.2) is 0 Å². The molecule has 0 bridgehead atoms. The Morgan fingerprint density at radius 3 is 2.56 bits per heavy atom. The minimum absolute atomic E-state index is 0.0939. The summed E-state index contributed by atoms with van der Waals surface area (Å²) in [6.45, 7) is 5.45. The van der Waals surface area contributed by atoms with Crippen LogP contribution >= 0.6 is 0 Å². The molecule has 0 aromatic heterocycles. The van der Waals surface area contributed by atoms with Gasteiger partial charge in [-0.2, -0.15) is 0 Å². The molecule has 2 N–H and O–H groups in total. The van der Waals surface area contributed by atoms with E-state index in [1.807, 2.05) is 68.5 Å². The van der Waals surface area contributed by atoms with Crippen LogP contribution in [0.15, 0.2) is 72.8 Å². The summed E-state index contributed by atoms with van der Waals surface area (Å²) in [4.78, 5) is 58.9. The highest BCUT2D eigenvalue weighted by molar-refractivity contribution is 6.06. The van der Waals surface area contributed by atoms with Gasteiger partial charge in [0.05, 0.1) is 24.7 Å². The maximum atomic E-state index is 14.5. The number of aliphatic hydroxyl groups is 1. The summed E-state index contributed by atoms with van der Waals surface area (Å²) in [5.41, 5.74) is 1.83. The molecule has 4 aliphatic rings. The van der Waals surface area contributed by atoms with E-state index in [9.17, 15) is 24.3 Å². The van der Waals surface area contributed by atoms with E-state index in [1.165, 1.54) is 4.90 Å². The number of fused-ring (bicyclic) bond motifs is 2. The molecule has 1 spiro atoms. The van der Waals surface area contributed by atoms with Gasteiger partial charge in [-0.3, -0.25) is 19.2 Å². The average Bonchev–Trinajstić information content (AvgIpc) is 3.40. The zero-order chi connectivity index (χ0) is 31.9. The van der Waals surface area contributed by atoms with Crippen LogP contribution in [-0.4, -0.2) is 77.2 Å². The third-order valence-electron chi connectivity index (χ3n) is 9.34. The summed E-state index contributed by atoms with van der Waals surface area (Å²) < 4.78 is 12.9. The largest absolute Gasteiger partial charge is 0.455 e. The number of cyclic esters (lactones) is 1. The van der Waals surface area contributed by atoms with E-state index in [0.717, 1.165) is 16.8 Å². The number of ether oxygens (including phenoxy) is 2. The summed E-state index contributed by atoms with van der Waals surface area (Å²) in [5, 5.41) is 13.0. The van der Waals surface area contributed by atoms with Gasteiger partial charge in [-0.25, -0.2) is 0 Å². The molecule has 2 fully saturated rings. The molecule has 45 heavy (non-hydrogen) atoms. The van der Waals surface area contributed by atoms with Crippen LogP contribution in [0.2, 0.25) is 0 Å². The lowest BCUT2D eigenvalue weighted by Crippen LogP contribution is -2.55. The van der Waals surface area contributed by atoms with Gasteiger partial charge in [0, 0.05) is 25.2 Å². The second-order valence-corrected chi connectivity index (χ2v) is 12.3. The van der Waals surface area contributed by atoms with Crippen LogP contribution in [0.4, 0.5) is 5.69 Å². The number of β-amino-alcohol motifs (C(OH)–C–C–N with tert-alkyl or cyclic N) is 1. The van der Waals surface area contributed by atoms with Crippen LogP contribution in [0.3, 0.4) is 0 Å². The Labute approximate surface area is 262 Å². The molecule has 0 saturated carbocycles. The minimum atomic E-state index is -1.48. The van der Waals surface area contributed by atoms with Crippen LogP contribution in [0, 0.1) is 25.7 Å². The number of hydrogen-bond acceptors (Lipinski definition) is 7. The molecule has 3 amide bonds. The standard InChI is InChI=1S/C35H39N3O7/c1-21-14-15-22(2)25(20-21)37-17-9-16-35-29(32(41)38(18-19-39)31(35)33(37)42)28-26(45-35)12-7-8-13-27(40)36-23(3)30(44-34(28)43)24-10-5-4-6-11-24/h4-7,9-12,14-16,20,23,26,28-31,39H,8,13,17-19H2,1-3H3,(H,36,40)/b12-7-/t23-,26-,28+,29+,30+,31-,35+/m1/s1. The van der Waals surface area contributed by atoms with Crippen LogP contribution in [-0.2, 0) is 28.7 Å². The van der Waals surface area contributed by atoms with Crippen molar-refractivity contribution in [3.05, 3.63) is 89.5 Å². The maximum absolute atomic E-state index is 14.5. The number of amides is 3. The van der Waals surface area contributed by atoms with Crippen molar-refractivity contribution in [1.29, 1.82) is 0 Å². The molecular formula is C35H39N3O7. The SMILES string of the molecule is Cc1ccc(C)c(N2CC=C[C@]34O[C@@H]5/C=C\CCC(=O)N[C@H](C)[C@@H](c6ccccc6)OC(=O)[C@@H]5[C@H]3C(=O)N(CCO)[C@@H]4C2=O)c1. The predicted molar refractivity (Wildman–Crippen MR) is 166 cm³/mol. The number of allylic oxidation sites excluding steroid dienone is 1. The van der Waals surface area contributed by atoms with Crippen molar-refractivity contribution >= 4 is 29.4 Å². The van der Waals surface area contributed by atoms with E-state index in [1.54, 1.807) is 30.1 Å². The molecule has 236 valence electrons. The molecule has 6 rings (SSSR count). The summed E-state index contributed by atoms with van der Waals surface area (Å²) in [7, 11) is 0. The summed E-state index contributed by atoms with van der Waals surface area (Å²) in [6, 6.07) is 13.4. The number of benzene rings is 2. The predicted octanol–water partition coefficient (Wildman–Crippen LogP) is 2.92. The Hall–Kier alpha value is -4.28. The fraction of sp³-hybridized carbons (Fsp3) is 0.429. The van der Waals surface area contributed by atoms with Crippen molar-refractivity contribution in [2.45, 2.75) is 63.5 Å². The van der Waals surface area contributed by atoms with Gasteiger partial charge in [0.25, 0.3) is 5.91 Å². The second-order valence-electron chi connectivity index (χ2n) is 12.3. The number of nitrogens with zero attached hydrogens (tertiary/aromatic N) is 2. The average molecular weight is 614 g/mol. The van der Waals surface area contributed by atoms with Crippen molar-refractivity contribution in [3.8, 4) is 0 Å². The van der Waals surface area contributed by atoms with Gasteiger partial charge in [-0.05, 0) is 49.9 Å². The monoisotopic (exact) mass is 613 g/mol. The first-order valence-corrected chi connectivity index (χ1v) is 15.5. The van der Waals surface area contributed by atoms with Crippen LogP contribution in [0.25, 0.3) is 0 Å². The molecule has 4 heterocycles. The molecule has 0 radical (unpaired) electrons. The number of rotatable bonds is 4. The van der Waals surface area contributed by atoms with Gasteiger partial charge >= 0.3 is 5.97 Å². The molecule has 0 aliphatic carbocycles. The quantitative estimate of drug-likeness (QED) is 0.401. The van der Waals surface area contributed by atoms with Crippen LogP contribution < -0.4 is 10.2 Å². The van der Waals surface area contributed by atoms with Gasteiger partial charge < -0.3 is 29.7 Å². The maximum Gasteiger partial charge on any atom is 0.313 e. The Bertz CT molecular complexity index is 1560. The third kappa shape index (κ3) is 5.36. The first-order chi connectivity index (χ1) is 21.7. The van der Waals surface area contributed by atoms with E-state index in [0.29, 0.717) is 12.0 Å². The number of carbonyl (C=O) groups is 4. The smallest absolute Gasteiger partial charge is 0.313 e. The molecule has 10 nitrogen and oxygen atoms in total. The number of hydrogen-bond donors (Lipinski definition) is 2. The summed E-state index contributed by atoms with van der Waals surface area (Å²) in [6.07, 6.45) is 5.98. The molecule has 4 aliphatic heterocycles. The number of aliphatic hydroxyl groups excluding tert-OH is 1. The fourth-order valence-electron chi connectivity index (χ4n) is 7.28. The highest BCUT2D eigenvalue weighted by Gasteiger charge is 2.71. The van der Waals surface area contributed by atoms with Gasteiger partial charge in [0.2, 0.25) is 11.8 Å². The van der Waals surface area contributed by atoms with E-state index in [-0.39, 0.29) is 37.9 Å². The number of aryl methyl sites for hydroxylation is 2. The van der Waals surface area contributed by atoms with Crippen LogP contribution in [0.5, 0.6) is 0 Å².